The maximum absolute atomic E-state index is 9.98. The number of benzene rings is 3. The van der Waals surface area contributed by atoms with Gasteiger partial charge in [0.15, 0.2) is 16.9 Å². The van der Waals surface area contributed by atoms with Crippen LogP contribution in [0.1, 0.15) is 107 Å². The van der Waals surface area contributed by atoms with E-state index in [2.05, 4.69) is 160 Å². The number of rotatable bonds is 6. The van der Waals surface area contributed by atoms with Crippen molar-refractivity contribution in [1.29, 1.82) is 0 Å². The van der Waals surface area contributed by atoms with Crippen molar-refractivity contribution in [3.8, 4) is 5.75 Å². The Hall–Kier alpha value is -7.49. The predicted octanol–water partition coefficient (Wildman–Crippen LogP) is 8.59. The number of nitrogen functional groups attached to an aromatic ring is 3. The van der Waals surface area contributed by atoms with Crippen molar-refractivity contribution >= 4 is 50.6 Å². The molecule has 0 aliphatic rings. The Bertz CT molecular complexity index is 3140. The van der Waals surface area contributed by atoms with Crippen molar-refractivity contribution in [1.82, 2.24) is 59.2 Å². The van der Waals surface area contributed by atoms with Crippen LogP contribution in [0.25, 0.3) is 33.1 Å². The minimum absolute atomic E-state index is 0.162. The number of hydrogen-bond acceptors (Lipinski definition) is 13. The average Bonchev–Trinajstić information content (AvgIpc) is 3.94. The Morgan fingerprint density at radius 1 is 0.455 bits per heavy atom. The molecule has 7 N–H and O–H groups in total. The second-order valence-corrected chi connectivity index (χ2v) is 19.6. The molecular weight excluding hydrogens is 827 g/mol. The molecule has 3 aromatic carbocycles. The Balaban J connectivity index is 0.000000147. The molecule has 9 aromatic rings. The molecule has 9 rings (SSSR count). The van der Waals surface area contributed by atoms with Gasteiger partial charge in [0, 0.05) is 19.3 Å². The molecular formula is C50H61N15O. The van der Waals surface area contributed by atoms with E-state index in [0.29, 0.717) is 29.5 Å². The first kappa shape index (κ1) is 46.5. The molecule has 0 saturated heterocycles. The van der Waals surface area contributed by atoms with Gasteiger partial charge < -0.3 is 22.3 Å². The number of aromatic hydroxyl groups is 1. The summed E-state index contributed by atoms with van der Waals surface area (Å²) in [7, 11) is 0. The smallest absolute Gasteiger partial charge is 0.164 e. The molecule has 16 nitrogen and oxygen atoms in total. The first-order valence-electron chi connectivity index (χ1n) is 21.9. The van der Waals surface area contributed by atoms with E-state index in [9.17, 15) is 5.11 Å². The molecule has 16 heteroatoms. The van der Waals surface area contributed by atoms with Gasteiger partial charge >= 0.3 is 0 Å². The molecule has 0 aliphatic heterocycles. The Morgan fingerprint density at radius 3 is 1.27 bits per heavy atom. The quantitative estimate of drug-likeness (QED) is 0.123. The summed E-state index contributed by atoms with van der Waals surface area (Å²) in [5.41, 5.74) is 28.3. The number of phenolic OH excluding ortho intramolecular Hbond substituents is 1. The van der Waals surface area contributed by atoms with E-state index >= 15 is 0 Å². The maximum Gasteiger partial charge on any atom is 0.164 e. The summed E-state index contributed by atoms with van der Waals surface area (Å²) in [4.78, 5) is 25.5. The van der Waals surface area contributed by atoms with E-state index in [-0.39, 0.29) is 22.4 Å². The summed E-state index contributed by atoms with van der Waals surface area (Å²) in [6.45, 7) is 23.0. The van der Waals surface area contributed by atoms with Crippen molar-refractivity contribution in [2.24, 2.45) is 0 Å². The second-order valence-electron chi connectivity index (χ2n) is 19.6. The van der Waals surface area contributed by atoms with Gasteiger partial charge in [-0.1, -0.05) is 77.9 Å². The zero-order chi connectivity index (χ0) is 47.7. The van der Waals surface area contributed by atoms with Crippen LogP contribution >= 0.6 is 0 Å². The van der Waals surface area contributed by atoms with E-state index in [0.717, 1.165) is 62.9 Å². The van der Waals surface area contributed by atoms with Gasteiger partial charge in [-0.3, -0.25) is 0 Å². The van der Waals surface area contributed by atoms with E-state index in [1.54, 1.807) is 12.1 Å². The van der Waals surface area contributed by atoms with Crippen LogP contribution in [0.15, 0.2) is 91.8 Å². The lowest BCUT2D eigenvalue weighted by molar-refractivity contribution is 0.363. The summed E-state index contributed by atoms with van der Waals surface area (Å²) in [6, 6.07) is 24.1. The third-order valence-corrected chi connectivity index (χ3v) is 10.9. The molecule has 0 radical (unpaired) electrons. The minimum atomic E-state index is -0.226. The molecule has 66 heavy (non-hydrogen) atoms. The number of hydrogen-bond donors (Lipinski definition) is 4. The normalized spacial score (nSPS) is 12.0. The summed E-state index contributed by atoms with van der Waals surface area (Å²) < 4.78 is 5.73. The second kappa shape index (κ2) is 18.2. The number of aromatic nitrogens is 12. The molecule has 0 atom stereocenters. The highest BCUT2D eigenvalue weighted by Gasteiger charge is 2.26. The molecule has 0 aliphatic carbocycles. The van der Waals surface area contributed by atoms with E-state index < -0.39 is 0 Å². The molecule has 0 bridgehead atoms. The molecule has 6 heterocycles. The van der Waals surface area contributed by atoms with Gasteiger partial charge in [-0.15, -0.1) is 0 Å². The van der Waals surface area contributed by atoms with Gasteiger partial charge in [0.1, 0.15) is 42.2 Å². The van der Waals surface area contributed by atoms with E-state index in [4.69, 9.17) is 27.4 Å². The zero-order valence-corrected chi connectivity index (χ0v) is 39.8. The first-order valence-corrected chi connectivity index (χ1v) is 21.9. The van der Waals surface area contributed by atoms with Gasteiger partial charge in [-0.25, -0.2) is 43.9 Å². The first-order chi connectivity index (χ1) is 31.1. The standard InChI is InChI=1S/2C17H21N5.C16H19N5O/c1-11-5-7-12(8-6-11)9-13-14-15(18)19-10-20-16(14)22(21-13)17(2,3)4;1-11-6-5-7-12(8-11)9-13-14-15(18)19-10-20-16(14)22(21-13)17(2,3)4;1-16(2,3)21-15-13(14(17)18-9-19-15)11(20-21)8-10-6-4-5-7-12(10)22/h2*5-8,10H,9H2,1-4H3,(H2,18,19,20);4-7,9,22H,8H2,1-3H3,(H2,17,18,19). The number of anilines is 3. The van der Waals surface area contributed by atoms with Gasteiger partial charge in [0.2, 0.25) is 0 Å². The van der Waals surface area contributed by atoms with Crippen LogP contribution in [0.3, 0.4) is 0 Å². The third-order valence-electron chi connectivity index (χ3n) is 10.9. The average molecular weight is 888 g/mol. The highest BCUT2D eigenvalue weighted by atomic mass is 16.3. The predicted molar refractivity (Wildman–Crippen MR) is 263 cm³/mol. The SMILES string of the molecule is CC(C)(C)n1nc(Cc2ccccc2O)c2c(N)ncnc21.Cc1ccc(Cc2nn(C(C)(C)C)c3ncnc(N)c23)cc1.Cc1cccc(Cc2nn(C(C)(C)C)c3ncnc(N)c23)c1. The summed E-state index contributed by atoms with van der Waals surface area (Å²) in [5.74, 6) is 1.63. The number of fused-ring (bicyclic) bond motifs is 3. The van der Waals surface area contributed by atoms with Crippen molar-refractivity contribution in [3.63, 3.8) is 0 Å². The number of phenols is 1. The summed E-state index contributed by atoms with van der Waals surface area (Å²) in [6.07, 6.45) is 6.36. The van der Waals surface area contributed by atoms with Gasteiger partial charge in [0.25, 0.3) is 0 Å². The Kier molecular flexibility index (Phi) is 12.8. The van der Waals surface area contributed by atoms with Gasteiger partial charge in [-0.05, 0) is 98.9 Å². The fourth-order valence-electron chi connectivity index (χ4n) is 7.66. The van der Waals surface area contributed by atoms with Crippen LogP contribution in [0.2, 0.25) is 0 Å². The van der Waals surface area contributed by atoms with Crippen molar-refractivity contribution in [2.45, 2.75) is 112 Å². The summed E-state index contributed by atoms with van der Waals surface area (Å²) >= 11 is 0. The molecule has 6 aromatic heterocycles. The number of aryl methyl sites for hydroxylation is 2. The monoisotopic (exact) mass is 888 g/mol. The fraction of sp³-hybridized carbons (Fsp3) is 0.340. The van der Waals surface area contributed by atoms with Crippen molar-refractivity contribution < 1.29 is 5.11 Å². The number of para-hydroxylation sites is 1. The van der Waals surface area contributed by atoms with Crippen molar-refractivity contribution in [2.75, 3.05) is 17.2 Å². The van der Waals surface area contributed by atoms with E-state index in [1.165, 1.54) is 41.2 Å². The van der Waals surface area contributed by atoms with Crippen LogP contribution in [0, 0.1) is 13.8 Å². The van der Waals surface area contributed by atoms with E-state index in [1.807, 2.05) is 26.2 Å². The lowest BCUT2D eigenvalue weighted by Crippen LogP contribution is -2.23. The fourth-order valence-corrected chi connectivity index (χ4v) is 7.66. The molecule has 0 unspecified atom stereocenters. The topological polar surface area (TPSA) is 229 Å². The van der Waals surface area contributed by atoms with Crippen LogP contribution in [0.5, 0.6) is 5.75 Å². The molecule has 342 valence electrons. The highest BCUT2D eigenvalue weighted by molar-refractivity contribution is 5.90. The molecule has 0 amide bonds. The zero-order valence-electron chi connectivity index (χ0n) is 39.8. The maximum atomic E-state index is 9.98. The number of nitrogens with zero attached hydrogens (tertiary/aromatic N) is 12. The van der Waals surface area contributed by atoms with Crippen LogP contribution in [0.4, 0.5) is 17.5 Å². The molecule has 0 fully saturated rings. The lowest BCUT2D eigenvalue weighted by atomic mass is 10.1. The molecule has 0 spiro atoms. The van der Waals surface area contributed by atoms with Crippen LogP contribution in [-0.4, -0.2) is 64.4 Å². The summed E-state index contributed by atoms with van der Waals surface area (Å²) in [5, 5.41) is 26.7. The van der Waals surface area contributed by atoms with Gasteiger partial charge in [-0.2, -0.15) is 15.3 Å². The molecule has 0 saturated carbocycles. The minimum Gasteiger partial charge on any atom is -0.508 e. The van der Waals surface area contributed by atoms with Crippen LogP contribution < -0.4 is 17.2 Å². The third kappa shape index (κ3) is 10.1. The lowest BCUT2D eigenvalue weighted by Gasteiger charge is -2.19. The number of nitrogens with two attached hydrogens (primary N) is 3. The largest absolute Gasteiger partial charge is 0.508 e. The highest BCUT2D eigenvalue weighted by Crippen LogP contribution is 2.31. The van der Waals surface area contributed by atoms with Gasteiger partial charge in [0.05, 0.1) is 49.9 Å². The Labute approximate surface area is 385 Å². The van der Waals surface area contributed by atoms with Crippen molar-refractivity contribution in [3.05, 3.63) is 137 Å². The Morgan fingerprint density at radius 2 is 0.864 bits per heavy atom. The van der Waals surface area contributed by atoms with Crippen LogP contribution in [-0.2, 0) is 35.9 Å².